The van der Waals surface area contributed by atoms with Gasteiger partial charge in [-0.1, -0.05) is 12.1 Å². The summed E-state index contributed by atoms with van der Waals surface area (Å²) in [5.74, 6) is -0.428. The molecule has 1 aliphatic rings. The topological polar surface area (TPSA) is 76.4 Å². The van der Waals surface area contributed by atoms with Crippen molar-refractivity contribution in [3.8, 4) is 5.75 Å². The van der Waals surface area contributed by atoms with E-state index in [1.165, 1.54) is 4.57 Å². The van der Waals surface area contributed by atoms with Gasteiger partial charge in [0.1, 0.15) is 5.75 Å². The maximum absolute atomic E-state index is 12.3. The fourth-order valence-electron chi connectivity index (χ4n) is 2.73. The second-order valence-corrected chi connectivity index (χ2v) is 6.78. The predicted molar refractivity (Wildman–Crippen MR) is 71.3 cm³/mol. The van der Waals surface area contributed by atoms with E-state index in [9.17, 15) is 18.3 Å². The van der Waals surface area contributed by atoms with Gasteiger partial charge in [0.2, 0.25) is 0 Å². The summed E-state index contributed by atoms with van der Waals surface area (Å²) in [7, 11) is -3.76. The van der Waals surface area contributed by atoms with E-state index in [4.69, 9.17) is 0 Å². The average molecular weight is 279 g/mol. The summed E-state index contributed by atoms with van der Waals surface area (Å²) < 4.78 is 24.9. The van der Waals surface area contributed by atoms with Crippen molar-refractivity contribution in [3.63, 3.8) is 0 Å². The lowest BCUT2D eigenvalue weighted by molar-refractivity contribution is 0.458. The number of para-hydroxylation sites is 1. The molecule has 19 heavy (non-hydrogen) atoms. The van der Waals surface area contributed by atoms with Gasteiger partial charge < -0.3 is 9.67 Å². The first kappa shape index (κ1) is 12.2. The van der Waals surface area contributed by atoms with E-state index in [0.29, 0.717) is 17.4 Å². The van der Waals surface area contributed by atoms with Crippen LogP contribution in [0.25, 0.3) is 10.9 Å². The van der Waals surface area contributed by atoms with Crippen molar-refractivity contribution in [1.29, 1.82) is 0 Å². The summed E-state index contributed by atoms with van der Waals surface area (Å²) in [6.45, 7) is 0.481. The number of pyridine rings is 1. The molecule has 0 radical (unpaired) electrons. The third-order valence-electron chi connectivity index (χ3n) is 3.50. The standard InChI is InChI=1S/C13H13NO4S/c1-19(17,18)12-11(15)9-6-2-4-8-5-3-7-14(10(8)9)13(12)16/h2,4,6,15H,3,5,7H2,1H3. The van der Waals surface area contributed by atoms with Gasteiger partial charge in [0.15, 0.2) is 14.7 Å². The Morgan fingerprint density at radius 2 is 2.05 bits per heavy atom. The van der Waals surface area contributed by atoms with Gasteiger partial charge in [-0.2, -0.15) is 0 Å². The molecule has 2 aromatic rings. The second kappa shape index (κ2) is 3.84. The summed E-state index contributed by atoms with van der Waals surface area (Å²) in [6, 6.07) is 5.31. The average Bonchev–Trinajstić information content (AvgIpc) is 2.34. The first-order valence-corrected chi connectivity index (χ1v) is 7.88. The predicted octanol–water partition coefficient (Wildman–Crippen LogP) is 1.06. The maximum Gasteiger partial charge on any atom is 0.273 e. The van der Waals surface area contributed by atoms with Gasteiger partial charge >= 0.3 is 0 Å². The number of hydrogen-bond acceptors (Lipinski definition) is 4. The van der Waals surface area contributed by atoms with Crippen molar-refractivity contribution in [2.24, 2.45) is 0 Å². The van der Waals surface area contributed by atoms with Crippen LogP contribution in [0.5, 0.6) is 5.75 Å². The van der Waals surface area contributed by atoms with Crippen molar-refractivity contribution in [2.45, 2.75) is 24.3 Å². The number of rotatable bonds is 1. The molecule has 0 unspecified atom stereocenters. The summed E-state index contributed by atoms with van der Waals surface area (Å²) >= 11 is 0. The molecule has 1 aromatic heterocycles. The van der Waals surface area contributed by atoms with Gasteiger partial charge in [0, 0.05) is 18.2 Å². The van der Waals surface area contributed by atoms with Gasteiger partial charge in [0.05, 0.1) is 5.52 Å². The van der Waals surface area contributed by atoms with Crippen LogP contribution in [0.3, 0.4) is 0 Å². The van der Waals surface area contributed by atoms with Crippen molar-refractivity contribution in [3.05, 3.63) is 34.1 Å². The Hall–Kier alpha value is -1.82. The number of nitrogens with zero attached hydrogens (tertiary/aromatic N) is 1. The number of aromatic nitrogens is 1. The minimum atomic E-state index is -3.76. The van der Waals surface area contributed by atoms with Crippen LogP contribution in [0.4, 0.5) is 0 Å². The highest BCUT2D eigenvalue weighted by atomic mass is 32.2. The number of aromatic hydroxyl groups is 1. The zero-order chi connectivity index (χ0) is 13.8. The molecule has 0 atom stereocenters. The van der Waals surface area contributed by atoms with Crippen LogP contribution in [0.15, 0.2) is 27.9 Å². The van der Waals surface area contributed by atoms with Crippen LogP contribution in [-0.2, 0) is 22.8 Å². The third-order valence-corrected chi connectivity index (χ3v) is 4.61. The molecule has 2 heterocycles. The molecule has 3 rings (SSSR count). The Morgan fingerprint density at radius 3 is 2.74 bits per heavy atom. The van der Waals surface area contributed by atoms with Gasteiger partial charge in [-0.15, -0.1) is 0 Å². The van der Waals surface area contributed by atoms with E-state index < -0.39 is 26.0 Å². The van der Waals surface area contributed by atoms with Gasteiger partial charge in [-0.25, -0.2) is 8.42 Å². The molecule has 1 aliphatic heterocycles. The second-order valence-electron chi connectivity index (χ2n) is 4.82. The summed E-state index contributed by atoms with van der Waals surface area (Å²) in [5, 5.41) is 10.6. The van der Waals surface area contributed by atoms with Crippen molar-refractivity contribution in [1.82, 2.24) is 4.57 Å². The largest absolute Gasteiger partial charge is 0.506 e. The molecular formula is C13H13NO4S. The van der Waals surface area contributed by atoms with E-state index in [2.05, 4.69) is 0 Å². The molecule has 1 aromatic carbocycles. The lowest BCUT2D eigenvalue weighted by atomic mass is 10.0. The minimum Gasteiger partial charge on any atom is -0.506 e. The molecular weight excluding hydrogens is 266 g/mol. The molecule has 1 N–H and O–H groups in total. The monoisotopic (exact) mass is 279 g/mol. The highest BCUT2D eigenvalue weighted by molar-refractivity contribution is 7.90. The van der Waals surface area contributed by atoms with Crippen LogP contribution < -0.4 is 5.56 Å². The van der Waals surface area contributed by atoms with Gasteiger partial charge in [-0.3, -0.25) is 4.79 Å². The van der Waals surface area contributed by atoms with E-state index in [-0.39, 0.29) is 0 Å². The molecule has 0 saturated carbocycles. The van der Waals surface area contributed by atoms with Crippen LogP contribution in [0.2, 0.25) is 0 Å². The zero-order valence-electron chi connectivity index (χ0n) is 10.4. The summed E-state index contributed by atoms with van der Waals surface area (Å²) in [6.07, 6.45) is 2.56. The molecule has 100 valence electrons. The number of hydrogen-bond donors (Lipinski definition) is 1. The van der Waals surface area contributed by atoms with Crippen LogP contribution in [0.1, 0.15) is 12.0 Å². The molecule has 0 aliphatic carbocycles. The molecule has 0 spiro atoms. The molecule has 5 nitrogen and oxygen atoms in total. The lowest BCUT2D eigenvalue weighted by Crippen LogP contribution is -2.29. The summed E-state index contributed by atoms with van der Waals surface area (Å²) in [4.78, 5) is 11.8. The van der Waals surface area contributed by atoms with E-state index in [1.54, 1.807) is 12.1 Å². The highest BCUT2D eigenvalue weighted by Crippen LogP contribution is 2.33. The van der Waals surface area contributed by atoms with Crippen LogP contribution in [-0.4, -0.2) is 24.3 Å². The SMILES string of the molecule is CS(=O)(=O)c1c(O)c2cccc3c2n(c1=O)CCC3. The normalized spacial score (nSPS) is 14.8. The highest BCUT2D eigenvalue weighted by Gasteiger charge is 2.26. The van der Waals surface area contributed by atoms with Crippen LogP contribution >= 0.6 is 0 Å². The molecule has 0 amide bonds. The third kappa shape index (κ3) is 1.67. The van der Waals surface area contributed by atoms with E-state index in [0.717, 1.165) is 24.7 Å². The van der Waals surface area contributed by atoms with Crippen molar-refractivity contribution < 1.29 is 13.5 Å². The minimum absolute atomic E-state index is 0.428. The van der Waals surface area contributed by atoms with E-state index in [1.807, 2.05) is 6.07 Å². The fourth-order valence-corrected chi connectivity index (χ4v) is 3.61. The number of benzene rings is 1. The molecule has 0 saturated heterocycles. The molecule has 0 fully saturated rings. The Labute approximate surface area is 110 Å². The number of aryl methyl sites for hydroxylation is 2. The van der Waals surface area contributed by atoms with Crippen molar-refractivity contribution >= 4 is 20.7 Å². The van der Waals surface area contributed by atoms with Gasteiger partial charge in [0.25, 0.3) is 5.56 Å². The smallest absolute Gasteiger partial charge is 0.273 e. The van der Waals surface area contributed by atoms with Crippen LogP contribution in [0, 0.1) is 0 Å². The molecule has 0 bridgehead atoms. The van der Waals surface area contributed by atoms with E-state index >= 15 is 0 Å². The lowest BCUT2D eigenvalue weighted by Gasteiger charge is -2.20. The maximum atomic E-state index is 12.3. The molecule has 6 heteroatoms. The Morgan fingerprint density at radius 1 is 1.32 bits per heavy atom. The first-order chi connectivity index (χ1) is 8.91. The van der Waals surface area contributed by atoms with Gasteiger partial charge in [-0.05, 0) is 24.5 Å². The number of sulfone groups is 1. The Kier molecular flexibility index (Phi) is 2.47. The summed E-state index contributed by atoms with van der Waals surface area (Å²) in [5.41, 5.74) is 1.000. The fraction of sp³-hybridized carbons (Fsp3) is 0.308. The van der Waals surface area contributed by atoms with Crippen molar-refractivity contribution in [2.75, 3.05) is 6.26 Å². The zero-order valence-corrected chi connectivity index (χ0v) is 11.2. The Balaban J connectivity index is 2.62. The quantitative estimate of drug-likeness (QED) is 0.846. The first-order valence-electron chi connectivity index (χ1n) is 5.98. The Bertz CT molecular complexity index is 849.